The first-order valence-electron chi connectivity index (χ1n) is 36.3. The molecule has 0 spiro atoms. The smallest absolute Gasteiger partial charge is 0.306 e. The second-order valence-corrected chi connectivity index (χ2v) is 24.9. The number of hydrogen-bond acceptors (Lipinski definition) is 6. The van der Waals surface area contributed by atoms with Crippen molar-refractivity contribution in [3.8, 4) is 0 Å². The van der Waals surface area contributed by atoms with E-state index in [2.05, 4.69) is 45.1 Å². The summed E-state index contributed by atoms with van der Waals surface area (Å²) < 4.78 is 17.0. The molecule has 0 saturated heterocycles. The number of carbonyl (C=O) groups excluding carboxylic acids is 3. The van der Waals surface area contributed by atoms with E-state index < -0.39 is 6.10 Å². The van der Waals surface area contributed by atoms with Crippen LogP contribution in [0.15, 0.2) is 24.3 Å². The van der Waals surface area contributed by atoms with Gasteiger partial charge < -0.3 is 14.2 Å². The average Bonchev–Trinajstić information content (AvgIpc) is 3.46. The zero-order valence-electron chi connectivity index (χ0n) is 54.4. The Balaban J connectivity index is 4.23. The Bertz CT molecular complexity index is 1290. The molecule has 0 aliphatic carbocycles. The molecule has 472 valence electrons. The van der Waals surface area contributed by atoms with Crippen molar-refractivity contribution in [2.75, 3.05) is 13.2 Å². The normalized spacial score (nSPS) is 12.1. The lowest BCUT2D eigenvalue weighted by molar-refractivity contribution is -0.167. The van der Waals surface area contributed by atoms with Crippen molar-refractivity contribution in [2.45, 2.75) is 419 Å². The van der Waals surface area contributed by atoms with Crippen LogP contribution in [0.3, 0.4) is 0 Å². The Kier molecular flexibility index (Phi) is 67.6. The number of unbranched alkanes of at least 4 members (excludes halogenated alkanes) is 53. The summed E-state index contributed by atoms with van der Waals surface area (Å²) in [6.07, 6.45) is 85.0. The van der Waals surface area contributed by atoms with Crippen molar-refractivity contribution in [1.82, 2.24) is 0 Å². The molecular weight excluding hydrogens is 985 g/mol. The number of carbonyl (C=O) groups is 3. The second-order valence-electron chi connectivity index (χ2n) is 24.9. The van der Waals surface area contributed by atoms with Gasteiger partial charge in [0.05, 0.1) is 0 Å². The molecule has 0 bridgehead atoms. The maximum Gasteiger partial charge on any atom is 0.306 e. The standard InChI is InChI=1S/C74H140O6/c1-4-7-10-13-16-19-22-25-28-31-33-34-35-36-37-38-39-40-42-43-46-49-52-55-58-61-64-67-73(76)79-70-71(69-78-72(75)66-63-60-57-54-51-48-45-30-27-24-21-18-15-12-9-6-3)80-74(77)68-65-62-59-56-53-50-47-44-41-32-29-26-23-20-17-14-11-8-5-2/h17,20,26,29,71H,4-16,18-19,21-25,27-28,30-70H2,1-3H3/b20-17-,29-26-. The molecule has 0 saturated carbocycles. The third kappa shape index (κ3) is 66.7. The molecule has 80 heavy (non-hydrogen) atoms. The molecule has 6 heteroatoms. The minimum atomic E-state index is -0.771. The van der Waals surface area contributed by atoms with E-state index in [1.165, 1.54) is 308 Å². The molecule has 0 radical (unpaired) electrons. The Labute approximate surface area is 500 Å². The van der Waals surface area contributed by atoms with Crippen LogP contribution in [0.25, 0.3) is 0 Å². The summed E-state index contributed by atoms with van der Waals surface area (Å²) in [5.41, 5.74) is 0. The van der Waals surface area contributed by atoms with Gasteiger partial charge in [-0.2, -0.15) is 0 Å². The van der Waals surface area contributed by atoms with Crippen LogP contribution < -0.4 is 0 Å². The van der Waals surface area contributed by atoms with Crippen LogP contribution in [0.2, 0.25) is 0 Å². The topological polar surface area (TPSA) is 78.9 Å². The second kappa shape index (κ2) is 69.4. The zero-order chi connectivity index (χ0) is 57.8. The Morgan fingerprint density at radius 2 is 0.450 bits per heavy atom. The maximum atomic E-state index is 13.0. The molecule has 0 aromatic carbocycles. The lowest BCUT2D eigenvalue weighted by Gasteiger charge is -2.18. The van der Waals surface area contributed by atoms with Gasteiger partial charge in [0.1, 0.15) is 13.2 Å². The predicted octanol–water partition coefficient (Wildman–Crippen LogP) is 25.0. The summed E-state index contributed by atoms with van der Waals surface area (Å²) in [4.78, 5) is 38.5. The third-order valence-corrected chi connectivity index (χ3v) is 16.7. The average molecular weight is 1130 g/mol. The highest BCUT2D eigenvalue weighted by Crippen LogP contribution is 2.19. The van der Waals surface area contributed by atoms with Gasteiger partial charge in [0.15, 0.2) is 6.10 Å². The van der Waals surface area contributed by atoms with Crippen LogP contribution in [-0.4, -0.2) is 37.2 Å². The van der Waals surface area contributed by atoms with Crippen LogP contribution >= 0.6 is 0 Å². The molecule has 0 aromatic heterocycles. The quantitative estimate of drug-likeness (QED) is 0.0261. The fourth-order valence-electron chi connectivity index (χ4n) is 11.2. The van der Waals surface area contributed by atoms with E-state index in [-0.39, 0.29) is 31.1 Å². The molecule has 0 heterocycles. The number of hydrogen-bond donors (Lipinski definition) is 0. The fraction of sp³-hybridized carbons (Fsp3) is 0.905. The van der Waals surface area contributed by atoms with Gasteiger partial charge in [-0.3, -0.25) is 14.4 Å². The highest BCUT2D eigenvalue weighted by atomic mass is 16.6. The van der Waals surface area contributed by atoms with E-state index >= 15 is 0 Å². The Morgan fingerprint density at radius 3 is 0.713 bits per heavy atom. The minimum Gasteiger partial charge on any atom is -0.462 e. The number of rotatable bonds is 68. The van der Waals surface area contributed by atoms with Gasteiger partial charge in [-0.25, -0.2) is 0 Å². The van der Waals surface area contributed by atoms with Gasteiger partial charge in [0.2, 0.25) is 0 Å². The summed E-state index contributed by atoms with van der Waals surface area (Å²) >= 11 is 0. The Morgan fingerprint density at radius 1 is 0.250 bits per heavy atom. The monoisotopic (exact) mass is 1130 g/mol. The summed E-state index contributed by atoms with van der Waals surface area (Å²) in [5.74, 6) is -0.835. The van der Waals surface area contributed by atoms with Crippen LogP contribution in [0.1, 0.15) is 412 Å². The van der Waals surface area contributed by atoms with Gasteiger partial charge in [-0.1, -0.05) is 366 Å². The molecule has 0 fully saturated rings. The van der Waals surface area contributed by atoms with Crippen LogP contribution in [0.5, 0.6) is 0 Å². The molecule has 0 N–H and O–H groups in total. The zero-order valence-corrected chi connectivity index (χ0v) is 54.4. The SMILES string of the molecule is CCCCC/C=C\C/C=C\CCCCCCCCCCCC(=O)OC(COC(=O)CCCCCCCCCCCCCCCCCC)COC(=O)CCCCCCCCCCCCCCCCCCCCCCCCCCCCC. The van der Waals surface area contributed by atoms with Gasteiger partial charge in [0.25, 0.3) is 0 Å². The first-order valence-corrected chi connectivity index (χ1v) is 36.3. The van der Waals surface area contributed by atoms with E-state index in [9.17, 15) is 14.4 Å². The van der Waals surface area contributed by atoms with Crippen molar-refractivity contribution >= 4 is 17.9 Å². The molecule has 0 aliphatic heterocycles. The van der Waals surface area contributed by atoms with Gasteiger partial charge in [0, 0.05) is 19.3 Å². The molecule has 1 unspecified atom stereocenters. The summed E-state index contributed by atoms with van der Waals surface area (Å²) in [6, 6.07) is 0. The molecule has 0 rings (SSSR count). The van der Waals surface area contributed by atoms with E-state index in [1.54, 1.807) is 0 Å². The van der Waals surface area contributed by atoms with Crippen LogP contribution in [-0.2, 0) is 28.6 Å². The van der Waals surface area contributed by atoms with Gasteiger partial charge in [-0.15, -0.1) is 0 Å². The van der Waals surface area contributed by atoms with Crippen molar-refractivity contribution < 1.29 is 28.6 Å². The summed E-state index contributed by atoms with van der Waals surface area (Å²) in [6.45, 7) is 6.70. The largest absolute Gasteiger partial charge is 0.462 e. The summed E-state index contributed by atoms with van der Waals surface area (Å²) in [5, 5.41) is 0. The Hall–Kier alpha value is -2.11. The molecule has 0 aromatic rings. The first-order chi connectivity index (χ1) is 39.5. The van der Waals surface area contributed by atoms with E-state index in [0.29, 0.717) is 19.3 Å². The molecule has 1 atom stereocenters. The predicted molar refractivity (Wildman–Crippen MR) is 349 cm³/mol. The van der Waals surface area contributed by atoms with Crippen molar-refractivity contribution in [2.24, 2.45) is 0 Å². The molecule has 6 nitrogen and oxygen atoms in total. The van der Waals surface area contributed by atoms with Crippen molar-refractivity contribution in [1.29, 1.82) is 0 Å². The van der Waals surface area contributed by atoms with Gasteiger partial charge in [-0.05, 0) is 51.4 Å². The lowest BCUT2D eigenvalue weighted by Crippen LogP contribution is -2.30. The van der Waals surface area contributed by atoms with Crippen LogP contribution in [0.4, 0.5) is 0 Å². The van der Waals surface area contributed by atoms with E-state index in [0.717, 1.165) is 64.2 Å². The first kappa shape index (κ1) is 77.9. The highest BCUT2D eigenvalue weighted by Gasteiger charge is 2.19. The van der Waals surface area contributed by atoms with Crippen molar-refractivity contribution in [3.05, 3.63) is 24.3 Å². The maximum absolute atomic E-state index is 13.0. The molecular formula is C74H140O6. The van der Waals surface area contributed by atoms with Gasteiger partial charge >= 0.3 is 17.9 Å². The van der Waals surface area contributed by atoms with Crippen molar-refractivity contribution in [3.63, 3.8) is 0 Å². The minimum absolute atomic E-state index is 0.0662. The van der Waals surface area contributed by atoms with Crippen LogP contribution in [0, 0.1) is 0 Å². The third-order valence-electron chi connectivity index (χ3n) is 16.7. The number of esters is 3. The fourth-order valence-corrected chi connectivity index (χ4v) is 11.2. The highest BCUT2D eigenvalue weighted by molar-refractivity contribution is 5.71. The van der Waals surface area contributed by atoms with E-state index in [4.69, 9.17) is 14.2 Å². The summed E-state index contributed by atoms with van der Waals surface area (Å²) in [7, 11) is 0. The number of allylic oxidation sites excluding steroid dienone is 4. The molecule has 0 aliphatic rings. The lowest BCUT2D eigenvalue weighted by atomic mass is 10.0. The number of ether oxygens (including phenoxy) is 3. The van der Waals surface area contributed by atoms with E-state index in [1.807, 2.05) is 0 Å². The molecule has 0 amide bonds.